The molecule has 0 amide bonds. The van der Waals surface area contributed by atoms with Crippen LogP contribution in [0.3, 0.4) is 0 Å². The minimum Gasteiger partial charge on any atom is -0.464 e. The first kappa shape index (κ1) is 15.9. The molecule has 24 heavy (non-hydrogen) atoms. The lowest BCUT2D eigenvalue weighted by Crippen LogP contribution is -2.29. The Morgan fingerprint density at radius 2 is 2.00 bits per heavy atom. The van der Waals surface area contributed by atoms with Crippen molar-refractivity contribution in [2.45, 2.75) is 26.8 Å². The molecule has 8 nitrogen and oxygen atoms in total. The summed E-state index contributed by atoms with van der Waals surface area (Å²) < 4.78 is 7.64. The maximum absolute atomic E-state index is 12.6. The van der Waals surface area contributed by atoms with E-state index in [0.29, 0.717) is 5.65 Å². The number of aromatic nitrogens is 5. The van der Waals surface area contributed by atoms with Gasteiger partial charge in [0.1, 0.15) is 12.4 Å². The van der Waals surface area contributed by atoms with Gasteiger partial charge in [0.15, 0.2) is 11.2 Å². The number of fused-ring (bicyclic) bond motifs is 1. The van der Waals surface area contributed by atoms with Gasteiger partial charge in [0.2, 0.25) is 0 Å². The summed E-state index contributed by atoms with van der Waals surface area (Å²) in [4.78, 5) is 28.7. The summed E-state index contributed by atoms with van der Waals surface area (Å²) >= 11 is 0. The second kappa shape index (κ2) is 6.23. The highest BCUT2D eigenvalue weighted by Gasteiger charge is 2.21. The van der Waals surface area contributed by atoms with Gasteiger partial charge in [-0.15, -0.1) is 5.10 Å². The first-order valence-corrected chi connectivity index (χ1v) is 7.59. The van der Waals surface area contributed by atoms with Crippen molar-refractivity contribution >= 4 is 17.1 Å². The molecule has 3 rings (SSSR count). The van der Waals surface area contributed by atoms with E-state index in [-0.39, 0.29) is 12.1 Å². The molecule has 124 valence electrons. The number of hydrogen-bond donors (Lipinski definition) is 0. The van der Waals surface area contributed by atoms with Gasteiger partial charge in [-0.1, -0.05) is 22.9 Å². The van der Waals surface area contributed by atoms with Gasteiger partial charge in [-0.05, 0) is 32.9 Å². The van der Waals surface area contributed by atoms with E-state index < -0.39 is 17.6 Å². The van der Waals surface area contributed by atoms with E-state index in [1.807, 2.05) is 31.2 Å². The third-order valence-electron chi connectivity index (χ3n) is 3.71. The van der Waals surface area contributed by atoms with Gasteiger partial charge in [0.05, 0.1) is 12.3 Å². The summed E-state index contributed by atoms with van der Waals surface area (Å²) in [7, 11) is 0. The number of carbonyl (C=O) groups excluding carboxylic acids is 1. The van der Waals surface area contributed by atoms with Crippen molar-refractivity contribution in [3.05, 3.63) is 46.5 Å². The Bertz CT molecular complexity index is 942. The van der Waals surface area contributed by atoms with Crippen molar-refractivity contribution in [1.29, 1.82) is 0 Å². The van der Waals surface area contributed by atoms with Crippen molar-refractivity contribution in [3.63, 3.8) is 0 Å². The average Bonchev–Trinajstić information content (AvgIpc) is 3.00. The zero-order chi connectivity index (χ0) is 17.3. The molecule has 2 heterocycles. The molecule has 0 aliphatic rings. The van der Waals surface area contributed by atoms with Crippen LogP contribution in [-0.4, -0.2) is 37.1 Å². The van der Waals surface area contributed by atoms with E-state index in [9.17, 15) is 9.59 Å². The van der Waals surface area contributed by atoms with Gasteiger partial charge in [0, 0.05) is 0 Å². The molecule has 0 fully saturated rings. The van der Waals surface area contributed by atoms with E-state index in [1.165, 1.54) is 15.6 Å². The number of ether oxygens (including phenoxy) is 1. The summed E-state index contributed by atoms with van der Waals surface area (Å²) in [6.45, 7) is 5.52. The number of esters is 1. The topological polar surface area (TPSA) is 91.9 Å². The van der Waals surface area contributed by atoms with E-state index in [1.54, 1.807) is 13.8 Å². The van der Waals surface area contributed by atoms with Crippen molar-refractivity contribution in [2.75, 3.05) is 6.61 Å². The fourth-order valence-electron chi connectivity index (χ4n) is 2.33. The SMILES string of the molecule is CCOC(=O)[C@@H](C)n1cnc2c(nnn2-c2ccc(C)cc2)c1=O. The summed E-state index contributed by atoms with van der Waals surface area (Å²) in [6, 6.07) is 6.84. The molecule has 0 spiro atoms. The standard InChI is InChI=1S/C16H17N5O3/c1-4-24-16(23)11(3)20-9-17-14-13(15(20)22)18-19-21(14)12-7-5-10(2)6-8-12/h5-9,11H,4H2,1-3H3/t11-/m1/s1. The van der Waals surface area contributed by atoms with Crippen molar-refractivity contribution in [1.82, 2.24) is 24.5 Å². The van der Waals surface area contributed by atoms with Crippen LogP contribution in [0.1, 0.15) is 25.5 Å². The monoisotopic (exact) mass is 327 g/mol. The molecular formula is C16H17N5O3. The maximum atomic E-state index is 12.6. The first-order valence-electron chi connectivity index (χ1n) is 7.59. The highest BCUT2D eigenvalue weighted by atomic mass is 16.5. The predicted octanol–water partition coefficient (Wildman–Crippen LogP) is 1.41. The molecule has 2 aromatic heterocycles. The molecule has 1 atom stereocenters. The Balaban J connectivity index is 2.07. The molecule has 0 radical (unpaired) electrons. The van der Waals surface area contributed by atoms with Crippen LogP contribution in [0.2, 0.25) is 0 Å². The second-order valence-corrected chi connectivity index (χ2v) is 5.39. The molecule has 0 aliphatic carbocycles. The van der Waals surface area contributed by atoms with Gasteiger partial charge in [-0.3, -0.25) is 9.36 Å². The number of carbonyl (C=O) groups is 1. The lowest BCUT2D eigenvalue weighted by atomic mass is 10.2. The normalized spacial score (nSPS) is 12.3. The van der Waals surface area contributed by atoms with Gasteiger partial charge >= 0.3 is 5.97 Å². The molecule has 0 saturated heterocycles. The third kappa shape index (κ3) is 2.66. The summed E-state index contributed by atoms with van der Waals surface area (Å²) in [5.41, 5.74) is 1.89. The lowest BCUT2D eigenvalue weighted by Gasteiger charge is -2.12. The van der Waals surface area contributed by atoms with Crippen LogP contribution in [0.4, 0.5) is 0 Å². The van der Waals surface area contributed by atoms with Crippen molar-refractivity contribution in [2.24, 2.45) is 0 Å². The predicted molar refractivity (Wildman–Crippen MR) is 87.0 cm³/mol. The Kier molecular flexibility index (Phi) is 4.11. The third-order valence-corrected chi connectivity index (χ3v) is 3.71. The van der Waals surface area contributed by atoms with E-state index >= 15 is 0 Å². The van der Waals surface area contributed by atoms with Crippen molar-refractivity contribution in [3.8, 4) is 5.69 Å². The fourth-order valence-corrected chi connectivity index (χ4v) is 2.33. The minimum atomic E-state index is -0.779. The summed E-state index contributed by atoms with van der Waals surface area (Å²) in [5, 5.41) is 7.94. The quantitative estimate of drug-likeness (QED) is 0.673. The first-order chi connectivity index (χ1) is 11.5. The Morgan fingerprint density at radius 1 is 1.29 bits per heavy atom. The molecule has 8 heteroatoms. The van der Waals surface area contributed by atoms with Gasteiger partial charge < -0.3 is 4.74 Å². The smallest absolute Gasteiger partial charge is 0.328 e. The molecule has 0 bridgehead atoms. The molecule has 0 unspecified atom stereocenters. The zero-order valence-electron chi connectivity index (χ0n) is 13.6. The van der Waals surface area contributed by atoms with Crippen LogP contribution in [0.5, 0.6) is 0 Å². The fraction of sp³-hybridized carbons (Fsp3) is 0.312. The maximum Gasteiger partial charge on any atom is 0.328 e. The molecule has 0 saturated carbocycles. The summed E-state index contributed by atoms with van der Waals surface area (Å²) in [5.74, 6) is -0.494. The molecule has 1 aromatic carbocycles. The van der Waals surface area contributed by atoms with Crippen LogP contribution < -0.4 is 5.56 Å². The van der Waals surface area contributed by atoms with Crippen molar-refractivity contribution < 1.29 is 9.53 Å². The largest absolute Gasteiger partial charge is 0.464 e. The molecule has 3 aromatic rings. The lowest BCUT2D eigenvalue weighted by molar-refractivity contribution is -0.146. The molecule has 0 aliphatic heterocycles. The average molecular weight is 327 g/mol. The van der Waals surface area contributed by atoms with Crippen LogP contribution in [-0.2, 0) is 9.53 Å². The number of hydrogen-bond acceptors (Lipinski definition) is 6. The molecular weight excluding hydrogens is 310 g/mol. The minimum absolute atomic E-state index is 0.106. The second-order valence-electron chi connectivity index (χ2n) is 5.39. The van der Waals surface area contributed by atoms with Crippen LogP contribution >= 0.6 is 0 Å². The Morgan fingerprint density at radius 3 is 2.67 bits per heavy atom. The number of nitrogens with zero attached hydrogens (tertiary/aromatic N) is 5. The van der Waals surface area contributed by atoms with Crippen LogP contribution in [0.25, 0.3) is 16.9 Å². The number of aryl methyl sites for hydroxylation is 1. The van der Waals surface area contributed by atoms with Gasteiger partial charge in [-0.25, -0.2) is 9.78 Å². The zero-order valence-corrected chi connectivity index (χ0v) is 13.6. The highest BCUT2D eigenvalue weighted by Crippen LogP contribution is 2.14. The molecule has 0 N–H and O–H groups in total. The Labute approximate surface area is 137 Å². The Hall–Kier alpha value is -3.03. The van der Waals surface area contributed by atoms with E-state index in [0.717, 1.165) is 11.3 Å². The van der Waals surface area contributed by atoms with E-state index in [2.05, 4.69) is 15.3 Å². The highest BCUT2D eigenvalue weighted by molar-refractivity contribution is 5.75. The van der Waals surface area contributed by atoms with Crippen LogP contribution in [0.15, 0.2) is 35.4 Å². The van der Waals surface area contributed by atoms with Gasteiger partial charge in [0.25, 0.3) is 5.56 Å². The number of rotatable bonds is 4. The van der Waals surface area contributed by atoms with E-state index in [4.69, 9.17) is 4.74 Å². The van der Waals surface area contributed by atoms with Gasteiger partial charge in [-0.2, -0.15) is 4.68 Å². The summed E-state index contributed by atoms with van der Waals surface area (Å²) in [6.07, 6.45) is 1.32. The van der Waals surface area contributed by atoms with Crippen LogP contribution in [0, 0.1) is 6.92 Å². The number of benzene rings is 1.